The summed E-state index contributed by atoms with van der Waals surface area (Å²) in [7, 11) is 0. The second kappa shape index (κ2) is 2.25. The molecule has 1 rings (SSSR count). The van der Waals surface area contributed by atoms with Gasteiger partial charge in [-0.3, -0.25) is 0 Å². The highest BCUT2D eigenvalue weighted by atomic mass is 19.1. The van der Waals surface area contributed by atoms with Gasteiger partial charge in [0.15, 0.2) is 0 Å². The van der Waals surface area contributed by atoms with Crippen molar-refractivity contribution < 1.29 is 4.39 Å². The van der Waals surface area contributed by atoms with Crippen molar-refractivity contribution >= 4 is 0 Å². The molecule has 0 amide bonds. The molecule has 1 unspecified atom stereocenters. The number of rotatable bonds is 3. The van der Waals surface area contributed by atoms with Crippen molar-refractivity contribution in [3.05, 3.63) is 0 Å². The van der Waals surface area contributed by atoms with E-state index < -0.39 is 5.54 Å². The lowest BCUT2D eigenvalue weighted by atomic mass is 9.98. The van der Waals surface area contributed by atoms with E-state index in [1.165, 1.54) is 12.8 Å². The molecule has 2 heteroatoms. The SMILES string of the molecule is CC(N)(CF)CC1CC1. The van der Waals surface area contributed by atoms with Crippen molar-refractivity contribution in [3.8, 4) is 0 Å². The maximum atomic E-state index is 12.0. The van der Waals surface area contributed by atoms with Crippen molar-refractivity contribution in [2.75, 3.05) is 6.67 Å². The molecule has 1 fully saturated rings. The minimum atomic E-state index is -0.541. The van der Waals surface area contributed by atoms with E-state index in [0.717, 1.165) is 12.3 Å². The molecule has 0 aliphatic heterocycles. The van der Waals surface area contributed by atoms with Crippen LogP contribution in [-0.2, 0) is 0 Å². The predicted octanol–water partition coefficient (Wildman–Crippen LogP) is 1.47. The molecular formula is C7H14FN. The standard InChI is InChI=1S/C7H14FN/c1-7(9,5-8)4-6-2-3-6/h6H,2-5,9H2,1H3. The molecule has 1 saturated carbocycles. The first-order valence-corrected chi connectivity index (χ1v) is 3.49. The smallest absolute Gasteiger partial charge is 0.107 e. The fraction of sp³-hybridized carbons (Fsp3) is 1.00. The molecule has 0 aromatic rings. The summed E-state index contributed by atoms with van der Waals surface area (Å²) < 4.78 is 12.0. The highest BCUT2D eigenvalue weighted by Gasteiger charge is 2.30. The van der Waals surface area contributed by atoms with Crippen LogP contribution in [0, 0.1) is 5.92 Å². The molecule has 1 aliphatic rings. The fourth-order valence-electron chi connectivity index (χ4n) is 1.04. The monoisotopic (exact) mass is 131 g/mol. The average Bonchev–Trinajstić information content (AvgIpc) is 2.50. The lowest BCUT2D eigenvalue weighted by Crippen LogP contribution is -2.38. The summed E-state index contributed by atoms with van der Waals surface area (Å²) in [5.41, 5.74) is 5.04. The lowest BCUT2D eigenvalue weighted by Gasteiger charge is -2.19. The summed E-state index contributed by atoms with van der Waals surface area (Å²) in [6.45, 7) is 1.40. The van der Waals surface area contributed by atoms with E-state index >= 15 is 0 Å². The van der Waals surface area contributed by atoms with Crippen molar-refractivity contribution in [1.29, 1.82) is 0 Å². The molecule has 54 valence electrons. The quantitative estimate of drug-likeness (QED) is 0.616. The van der Waals surface area contributed by atoms with Gasteiger partial charge < -0.3 is 5.73 Å². The van der Waals surface area contributed by atoms with Crippen molar-refractivity contribution in [3.63, 3.8) is 0 Å². The van der Waals surface area contributed by atoms with E-state index in [2.05, 4.69) is 0 Å². The van der Waals surface area contributed by atoms with Gasteiger partial charge in [0.2, 0.25) is 0 Å². The van der Waals surface area contributed by atoms with Gasteiger partial charge >= 0.3 is 0 Å². The molecule has 9 heavy (non-hydrogen) atoms. The van der Waals surface area contributed by atoms with Gasteiger partial charge in [-0.25, -0.2) is 4.39 Å². The minimum Gasteiger partial charge on any atom is -0.323 e. The number of hydrogen-bond acceptors (Lipinski definition) is 1. The maximum absolute atomic E-state index is 12.0. The van der Waals surface area contributed by atoms with Crippen LogP contribution in [0.2, 0.25) is 0 Å². The topological polar surface area (TPSA) is 26.0 Å². The second-order valence-electron chi connectivity index (χ2n) is 3.44. The Balaban J connectivity index is 2.21. The van der Waals surface area contributed by atoms with Gasteiger partial charge in [-0.1, -0.05) is 12.8 Å². The van der Waals surface area contributed by atoms with Crippen molar-refractivity contribution in [2.24, 2.45) is 11.7 Å². The average molecular weight is 131 g/mol. The summed E-state index contributed by atoms with van der Waals surface area (Å²) in [5, 5.41) is 0. The third-order valence-electron chi connectivity index (χ3n) is 1.76. The van der Waals surface area contributed by atoms with E-state index in [-0.39, 0.29) is 6.67 Å². The summed E-state index contributed by atoms with van der Waals surface area (Å²) >= 11 is 0. The molecule has 0 aromatic carbocycles. The molecule has 1 atom stereocenters. The zero-order valence-electron chi connectivity index (χ0n) is 5.86. The van der Waals surface area contributed by atoms with Crippen molar-refractivity contribution in [1.82, 2.24) is 0 Å². The molecule has 1 nitrogen and oxygen atoms in total. The Morgan fingerprint density at radius 3 is 2.56 bits per heavy atom. The van der Waals surface area contributed by atoms with Crippen LogP contribution in [0.3, 0.4) is 0 Å². The van der Waals surface area contributed by atoms with Crippen LogP contribution in [0.15, 0.2) is 0 Å². The second-order valence-corrected chi connectivity index (χ2v) is 3.44. The molecule has 2 N–H and O–H groups in total. The number of hydrogen-bond donors (Lipinski definition) is 1. The Morgan fingerprint density at radius 2 is 2.22 bits per heavy atom. The van der Waals surface area contributed by atoms with Gasteiger partial charge in [-0.15, -0.1) is 0 Å². The zero-order chi connectivity index (χ0) is 6.91. The van der Waals surface area contributed by atoms with Gasteiger partial charge in [0.05, 0.1) is 0 Å². The van der Waals surface area contributed by atoms with E-state index in [9.17, 15) is 4.39 Å². The molecule has 0 radical (unpaired) electrons. The van der Waals surface area contributed by atoms with Gasteiger partial charge in [0.1, 0.15) is 6.67 Å². The predicted molar refractivity (Wildman–Crippen MR) is 35.9 cm³/mol. The fourth-order valence-corrected chi connectivity index (χ4v) is 1.04. The largest absolute Gasteiger partial charge is 0.323 e. The van der Waals surface area contributed by atoms with Crippen molar-refractivity contribution in [2.45, 2.75) is 31.7 Å². The van der Waals surface area contributed by atoms with Crippen LogP contribution in [0.4, 0.5) is 4.39 Å². The third kappa shape index (κ3) is 2.31. The van der Waals surface area contributed by atoms with E-state index in [0.29, 0.717) is 0 Å². The van der Waals surface area contributed by atoms with E-state index in [1.54, 1.807) is 6.92 Å². The number of halogens is 1. The summed E-state index contributed by atoms with van der Waals surface area (Å²) in [5.74, 6) is 0.732. The summed E-state index contributed by atoms with van der Waals surface area (Å²) in [6, 6.07) is 0. The Labute approximate surface area is 55.4 Å². The normalized spacial score (nSPS) is 25.7. The van der Waals surface area contributed by atoms with E-state index in [1.807, 2.05) is 0 Å². The minimum absolute atomic E-state index is 0.385. The Morgan fingerprint density at radius 1 is 1.67 bits per heavy atom. The molecule has 0 heterocycles. The summed E-state index contributed by atoms with van der Waals surface area (Å²) in [4.78, 5) is 0. The Bertz CT molecular complexity index is 97.1. The molecule has 0 aromatic heterocycles. The van der Waals surface area contributed by atoms with Crippen LogP contribution >= 0.6 is 0 Å². The molecule has 0 saturated heterocycles. The maximum Gasteiger partial charge on any atom is 0.107 e. The Hall–Kier alpha value is -0.110. The third-order valence-corrected chi connectivity index (χ3v) is 1.76. The number of alkyl halides is 1. The highest BCUT2D eigenvalue weighted by Crippen LogP contribution is 2.35. The van der Waals surface area contributed by atoms with Gasteiger partial charge in [-0.2, -0.15) is 0 Å². The van der Waals surface area contributed by atoms with Crippen LogP contribution < -0.4 is 5.73 Å². The summed E-state index contributed by atoms with van der Waals surface area (Å²) in [6.07, 6.45) is 3.38. The first kappa shape index (κ1) is 7.00. The van der Waals surface area contributed by atoms with Crippen LogP contribution in [0.5, 0.6) is 0 Å². The van der Waals surface area contributed by atoms with Crippen LogP contribution in [-0.4, -0.2) is 12.2 Å². The molecule has 0 bridgehead atoms. The first-order valence-electron chi connectivity index (χ1n) is 3.49. The highest BCUT2D eigenvalue weighted by molar-refractivity contribution is 4.86. The molecule has 0 spiro atoms. The van der Waals surface area contributed by atoms with E-state index in [4.69, 9.17) is 5.73 Å². The van der Waals surface area contributed by atoms with Gasteiger partial charge in [-0.05, 0) is 19.3 Å². The van der Waals surface area contributed by atoms with Crippen LogP contribution in [0.1, 0.15) is 26.2 Å². The van der Waals surface area contributed by atoms with Gasteiger partial charge in [0.25, 0.3) is 0 Å². The van der Waals surface area contributed by atoms with Crippen LogP contribution in [0.25, 0.3) is 0 Å². The Kier molecular flexibility index (Phi) is 1.75. The molecule has 1 aliphatic carbocycles. The lowest BCUT2D eigenvalue weighted by molar-refractivity contribution is 0.300. The number of nitrogens with two attached hydrogens (primary N) is 1. The first-order chi connectivity index (χ1) is 4.14. The zero-order valence-corrected chi connectivity index (χ0v) is 5.86. The van der Waals surface area contributed by atoms with Gasteiger partial charge in [0, 0.05) is 5.54 Å². The molecular weight excluding hydrogens is 117 g/mol.